The maximum Gasteiger partial charge on any atom is 0.263 e. The summed E-state index contributed by atoms with van der Waals surface area (Å²) in [5, 5.41) is 11.1. The summed E-state index contributed by atoms with van der Waals surface area (Å²) >= 11 is 0. The van der Waals surface area contributed by atoms with Gasteiger partial charge in [-0.2, -0.15) is 5.26 Å². The molecular formula is C17H17N3O3. The topological polar surface area (TPSA) is 90.3 Å². The average Bonchev–Trinajstić information content (AvgIpc) is 2.81. The number of hydrogen-bond acceptors (Lipinski definition) is 4. The molecule has 1 N–H and O–H groups in total. The van der Waals surface area contributed by atoms with Crippen molar-refractivity contribution in [2.75, 3.05) is 5.32 Å². The number of rotatable bonds is 3. The molecule has 0 radical (unpaired) electrons. The van der Waals surface area contributed by atoms with Crippen molar-refractivity contribution in [3.63, 3.8) is 0 Å². The third-order valence-electron chi connectivity index (χ3n) is 4.40. The summed E-state index contributed by atoms with van der Waals surface area (Å²) in [5.41, 5.74) is 0.879. The molecular weight excluding hydrogens is 294 g/mol. The number of carbonyl (C=O) groups excluding carboxylic acids is 3. The van der Waals surface area contributed by atoms with Crippen LogP contribution in [0.15, 0.2) is 18.2 Å². The molecule has 118 valence electrons. The molecule has 0 unspecified atom stereocenters. The molecule has 1 saturated carbocycles. The Bertz CT molecular complexity index is 714. The Balaban J connectivity index is 1.92. The van der Waals surface area contributed by atoms with Gasteiger partial charge in [-0.1, -0.05) is 25.3 Å². The highest BCUT2D eigenvalue weighted by atomic mass is 16.2. The van der Waals surface area contributed by atoms with Crippen LogP contribution in [0, 0.1) is 11.3 Å². The van der Waals surface area contributed by atoms with Gasteiger partial charge in [0.15, 0.2) is 0 Å². The second-order valence-electron chi connectivity index (χ2n) is 5.88. The van der Waals surface area contributed by atoms with Crippen molar-refractivity contribution in [3.05, 3.63) is 29.3 Å². The Kier molecular flexibility index (Phi) is 4.11. The fourth-order valence-corrected chi connectivity index (χ4v) is 3.34. The van der Waals surface area contributed by atoms with Gasteiger partial charge < -0.3 is 5.32 Å². The van der Waals surface area contributed by atoms with Crippen LogP contribution < -0.4 is 5.32 Å². The van der Waals surface area contributed by atoms with Crippen molar-refractivity contribution < 1.29 is 14.4 Å². The molecule has 0 saturated heterocycles. The molecule has 1 aromatic carbocycles. The number of nitriles is 1. The Hall–Kier alpha value is -2.68. The van der Waals surface area contributed by atoms with Crippen LogP contribution in [0.4, 0.5) is 5.69 Å². The first-order chi connectivity index (χ1) is 11.1. The highest BCUT2D eigenvalue weighted by Crippen LogP contribution is 2.34. The SMILES string of the molecule is N#CCC(=O)Nc1cccc2c1C(=O)N(C1CCCCC1)C2=O. The number of nitrogens with one attached hydrogen (secondary N) is 1. The number of amides is 3. The van der Waals surface area contributed by atoms with E-state index in [2.05, 4.69) is 5.32 Å². The Morgan fingerprint density at radius 3 is 2.65 bits per heavy atom. The van der Waals surface area contributed by atoms with Crippen molar-refractivity contribution in [1.29, 1.82) is 5.26 Å². The number of anilines is 1. The Morgan fingerprint density at radius 2 is 1.96 bits per heavy atom. The molecule has 23 heavy (non-hydrogen) atoms. The monoisotopic (exact) mass is 311 g/mol. The maximum absolute atomic E-state index is 12.8. The van der Waals surface area contributed by atoms with Crippen molar-refractivity contribution in [2.45, 2.75) is 44.6 Å². The smallest absolute Gasteiger partial charge is 0.263 e. The van der Waals surface area contributed by atoms with E-state index in [4.69, 9.17) is 5.26 Å². The van der Waals surface area contributed by atoms with Crippen LogP contribution in [0.25, 0.3) is 0 Å². The predicted octanol–water partition coefficient (Wildman–Crippen LogP) is 2.47. The number of benzene rings is 1. The first-order valence-electron chi connectivity index (χ1n) is 7.81. The van der Waals surface area contributed by atoms with E-state index in [0.29, 0.717) is 11.3 Å². The fraction of sp³-hybridized carbons (Fsp3) is 0.412. The van der Waals surface area contributed by atoms with Gasteiger partial charge in [-0.3, -0.25) is 19.3 Å². The lowest BCUT2D eigenvalue weighted by atomic mass is 9.94. The molecule has 1 aliphatic carbocycles. The van der Waals surface area contributed by atoms with Crippen molar-refractivity contribution >= 4 is 23.4 Å². The van der Waals surface area contributed by atoms with Gasteiger partial charge >= 0.3 is 0 Å². The zero-order valence-corrected chi connectivity index (χ0v) is 12.7. The number of carbonyl (C=O) groups is 3. The summed E-state index contributed by atoms with van der Waals surface area (Å²) < 4.78 is 0. The van der Waals surface area contributed by atoms with E-state index >= 15 is 0 Å². The zero-order chi connectivity index (χ0) is 16.4. The van der Waals surface area contributed by atoms with Gasteiger partial charge in [-0.05, 0) is 25.0 Å². The minimum Gasteiger partial charge on any atom is -0.324 e. The molecule has 3 amide bonds. The predicted molar refractivity (Wildman–Crippen MR) is 82.7 cm³/mol. The molecule has 1 fully saturated rings. The van der Waals surface area contributed by atoms with Crippen LogP contribution in [-0.2, 0) is 4.79 Å². The van der Waals surface area contributed by atoms with Gasteiger partial charge in [0.05, 0.1) is 22.9 Å². The summed E-state index contributed by atoms with van der Waals surface area (Å²) in [6.07, 6.45) is 4.55. The highest BCUT2D eigenvalue weighted by molar-refractivity contribution is 6.24. The summed E-state index contributed by atoms with van der Waals surface area (Å²) in [6, 6.07) is 6.54. The normalized spacial score (nSPS) is 17.8. The van der Waals surface area contributed by atoms with Gasteiger partial charge in [0.1, 0.15) is 6.42 Å². The second-order valence-corrected chi connectivity index (χ2v) is 5.88. The number of hydrogen-bond donors (Lipinski definition) is 1. The Morgan fingerprint density at radius 1 is 1.22 bits per heavy atom. The standard InChI is InChI=1S/C17H17N3O3/c18-10-9-14(21)19-13-8-4-7-12-15(13)17(23)20(16(12)22)11-5-2-1-3-6-11/h4,7-8,11H,1-3,5-6,9H2,(H,19,21). The van der Waals surface area contributed by atoms with Gasteiger partial charge in [0, 0.05) is 6.04 Å². The van der Waals surface area contributed by atoms with Crippen LogP contribution in [0.2, 0.25) is 0 Å². The minimum absolute atomic E-state index is 0.0567. The quantitative estimate of drug-likeness (QED) is 0.868. The maximum atomic E-state index is 12.8. The molecule has 2 aliphatic rings. The number of fused-ring (bicyclic) bond motifs is 1. The van der Waals surface area contributed by atoms with Crippen molar-refractivity contribution in [3.8, 4) is 6.07 Å². The van der Waals surface area contributed by atoms with Gasteiger partial charge in [-0.25, -0.2) is 0 Å². The van der Waals surface area contributed by atoms with E-state index < -0.39 is 5.91 Å². The van der Waals surface area contributed by atoms with E-state index in [1.165, 1.54) is 4.90 Å². The van der Waals surface area contributed by atoms with Crippen LogP contribution in [0.1, 0.15) is 59.2 Å². The molecule has 0 bridgehead atoms. The highest BCUT2D eigenvalue weighted by Gasteiger charge is 2.41. The second kappa shape index (κ2) is 6.21. The summed E-state index contributed by atoms with van der Waals surface area (Å²) in [5.74, 6) is -1.12. The lowest BCUT2D eigenvalue weighted by Gasteiger charge is -2.29. The third kappa shape index (κ3) is 2.70. The van der Waals surface area contributed by atoms with Gasteiger partial charge in [0.25, 0.3) is 11.8 Å². The van der Waals surface area contributed by atoms with Crippen LogP contribution in [0.5, 0.6) is 0 Å². The van der Waals surface area contributed by atoms with E-state index in [9.17, 15) is 14.4 Å². The van der Waals surface area contributed by atoms with E-state index in [0.717, 1.165) is 32.1 Å². The van der Waals surface area contributed by atoms with Gasteiger partial charge in [-0.15, -0.1) is 0 Å². The first kappa shape index (κ1) is 15.2. The summed E-state index contributed by atoms with van der Waals surface area (Å²) in [4.78, 5) is 38.4. The average molecular weight is 311 g/mol. The molecule has 1 aliphatic heterocycles. The summed E-state index contributed by atoms with van der Waals surface area (Å²) in [7, 11) is 0. The molecule has 0 spiro atoms. The van der Waals surface area contributed by atoms with Crippen molar-refractivity contribution in [1.82, 2.24) is 4.90 Å². The lowest BCUT2D eigenvalue weighted by molar-refractivity contribution is -0.115. The van der Waals surface area contributed by atoms with E-state index in [-0.39, 0.29) is 29.8 Å². The summed E-state index contributed by atoms with van der Waals surface area (Å²) in [6.45, 7) is 0. The van der Waals surface area contributed by atoms with E-state index in [1.54, 1.807) is 24.3 Å². The molecule has 3 rings (SSSR count). The van der Waals surface area contributed by atoms with Crippen molar-refractivity contribution in [2.24, 2.45) is 0 Å². The molecule has 6 nitrogen and oxygen atoms in total. The van der Waals surface area contributed by atoms with Crippen LogP contribution >= 0.6 is 0 Å². The fourth-order valence-electron chi connectivity index (χ4n) is 3.34. The molecule has 1 aromatic rings. The molecule has 0 atom stereocenters. The van der Waals surface area contributed by atoms with Crippen LogP contribution in [0.3, 0.4) is 0 Å². The van der Waals surface area contributed by atoms with Gasteiger partial charge in [0.2, 0.25) is 5.91 Å². The number of nitrogens with zero attached hydrogens (tertiary/aromatic N) is 2. The molecule has 6 heteroatoms. The number of imide groups is 1. The largest absolute Gasteiger partial charge is 0.324 e. The zero-order valence-electron chi connectivity index (χ0n) is 12.7. The molecule has 1 heterocycles. The first-order valence-corrected chi connectivity index (χ1v) is 7.81. The molecule has 0 aromatic heterocycles. The third-order valence-corrected chi connectivity index (χ3v) is 4.40. The van der Waals surface area contributed by atoms with E-state index in [1.807, 2.05) is 0 Å². The lowest BCUT2D eigenvalue weighted by Crippen LogP contribution is -2.41. The van der Waals surface area contributed by atoms with Crippen LogP contribution in [-0.4, -0.2) is 28.7 Å². The minimum atomic E-state index is -0.489. The Labute approximate surface area is 134 Å².